The number of rotatable bonds is 6. The second kappa shape index (κ2) is 8.11. The van der Waals surface area contributed by atoms with E-state index in [1.807, 2.05) is 42.5 Å². The van der Waals surface area contributed by atoms with Gasteiger partial charge < -0.3 is 20.3 Å². The number of hydrogen-bond donors (Lipinski definition) is 3. The third kappa shape index (κ3) is 3.83. The molecule has 1 unspecified atom stereocenters. The second-order valence-corrected chi connectivity index (χ2v) is 7.79. The molecule has 0 spiro atoms. The molecule has 3 aromatic rings. The number of ether oxygens (including phenoxy) is 1. The van der Waals surface area contributed by atoms with Crippen LogP contribution < -0.4 is 10.1 Å². The summed E-state index contributed by atoms with van der Waals surface area (Å²) in [6.07, 6.45) is 0.0682. The van der Waals surface area contributed by atoms with Crippen LogP contribution in [0, 0.1) is 13.8 Å². The molecule has 1 heterocycles. The summed E-state index contributed by atoms with van der Waals surface area (Å²) in [6.45, 7) is 4.95. The largest absolute Gasteiger partial charge is 0.507 e. The molecule has 0 saturated heterocycles. The van der Waals surface area contributed by atoms with E-state index in [9.17, 15) is 9.90 Å². The maximum atomic E-state index is 11.0. The number of aliphatic carboxylic acids is 1. The molecule has 3 aromatic carbocycles. The standard InChI is InChI=1S/C25H25NO4/c1-15-5-3-6-16(2)24(15)21-8-4-7-17(25(21)29)13-26-19-9-10-20-18(11-23(27)28)14-30-22(20)12-19/h3-10,12,18,26,29H,11,13-14H2,1-2H3,(H,27,28). The van der Waals surface area contributed by atoms with Crippen molar-refractivity contribution in [3.05, 3.63) is 76.9 Å². The number of aryl methyl sites for hydroxylation is 2. The summed E-state index contributed by atoms with van der Waals surface area (Å²) in [7, 11) is 0. The van der Waals surface area contributed by atoms with Gasteiger partial charge in [0.2, 0.25) is 0 Å². The number of carboxylic acids is 1. The molecule has 3 N–H and O–H groups in total. The predicted molar refractivity (Wildman–Crippen MR) is 117 cm³/mol. The van der Waals surface area contributed by atoms with Crippen molar-refractivity contribution in [1.29, 1.82) is 0 Å². The summed E-state index contributed by atoms with van der Waals surface area (Å²) >= 11 is 0. The third-order valence-corrected chi connectivity index (χ3v) is 5.67. The van der Waals surface area contributed by atoms with E-state index in [4.69, 9.17) is 9.84 Å². The Kier molecular flexibility index (Phi) is 5.36. The Bertz CT molecular complexity index is 1090. The van der Waals surface area contributed by atoms with Crippen molar-refractivity contribution in [2.75, 3.05) is 11.9 Å². The van der Waals surface area contributed by atoms with E-state index in [1.165, 1.54) is 0 Å². The number of aromatic hydroxyl groups is 1. The van der Waals surface area contributed by atoms with Crippen LogP contribution in [0.2, 0.25) is 0 Å². The van der Waals surface area contributed by atoms with Gasteiger partial charge in [-0.2, -0.15) is 0 Å². The minimum absolute atomic E-state index is 0.0682. The summed E-state index contributed by atoms with van der Waals surface area (Å²) in [5.41, 5.74) is 6.75. The van der Waals surface area contributed by atoms with Crippen LogP contribution in [-0.2, 0) is 11.3 Å². The molecular formula is C25H25NO4. The highest BCUT2D eigenvalue weighted by Crippen LogP contribution is 2.39. The molecule has 0 saturated carbocycles. The fourth-order valence-electron chi connectivity index (χ4n) is 4.14. The second-order valence-electron chi connectivity index (χ2n) is 7.79. The lowest BCUT2D eigenvalue weighted by Gasteiger charge is -2.15. The monoisotopic (exact) mass is 403 g/mol. The fourth-order valence-corrected chi connectivity index (χ4v) is 4.14. The number of benzene rings is 3. The number of fused-ring (bicyclic) bond motifs is 1. The quantitative estimate of drug-likeness (QED) is 0.525. The van der Waals surface area contributed by atoms with E-state index >= 15 is 0 Å². The molecule has 0 amide bonds. The number of anilines is 1. The van der Waals surface area contributed by atoms with Crippen LogP contribution >= 0.6 is 0 Å². The lowest BCUT2D eigenvalue weighted by Crippen LogP contribution is -2.07. The van der Waals surface area contributed by atoms with Crippen LogP contribution in [-0.4, -0.2) is 22.8 Å². The van der Waals surface area contributed by atoms with Gasteiger partial charge in [-0.25, -0.2) is 0 Å². The van der Waals surface area contributed by atoms with Crippen molar-refractivity contribution in [2.45, 2.75) is 32.7 Å². The van der Waals surface area contributed by atoms with Gasteiger partial charge in [0.1, 0.15) is 11.5 Å². The maximum Gasteiger partial charge on any atom is 0.304 e. The summed E-state index contributed by atoms with van der Waals surface area (Å²) in [5.74, 6) is 0.0728. The molecule has 0 fully saturated rings. The molecule has 1 aliphatic rings. The fraction of sp³-hybridized carbons (Fsp3) is 0.240. The van der Waals surface area contributed by atoms with Crippen LogP contribution in [0.1, 0.15) is 34.6 Å². The zero-order valence-electron chi connectivity index (χ0n) is 17.1. The Morgan fingerprint density at radius 2 is 1.83 bits per heavy atom. The van der Waals surface area contributed by atoms with Gasteiger partial charge in [-0.15, -0.1) is 0 Å². The molecule has 1 atom stereocenters. The van der Waals surface area contributed by atoms with Gasteiger partial charge in [-0.1, -0.05) is 42.5 Å². The summed E-state index contributed by atoms with van der Waals surface area (Å²) in [5, 5.41) is 23.3. The normalized spacial score (nSPS) is 14.8. The molecule has 0 radical (unpaired) electrons. The average molecular weight is 403 g/mol. The van der Waals surface area contributed by atoms with Crippen molar-refractivity contribution in [2.24, 2.45) is 0 Å². The minimum Gasteiger partial charge on any atom is -0.507 e. The number of para-hydroxylation sites is 1. The van der Waals surface area contributed by atoms with Gasteiger partial charge in [0.15, 0.2) is 0 Å². The highest BCUT2D eigenvalue weighted by Gasteiger charge is 2.26. The van der Waals surface area contributed by atoms with Gasteiger partial charge in [0.25, 0.3) is 0 Å². The zero-order valence-corrected chi connectivity index (χ0v) is 17.1. The van der Waals surface area contributed by atoms with E-state index in [-0.39, 0.29) is 18.1 Å². The molecule has 0 aliphatic carbocycles. The first-order valence-electron chi connectivity index (χ1n) is 10.0. The van der Waals surface area contributed by atoms with Gasteiger partial charge in [-0.3, -0.25) is 4.79 Å². The van der Waals surface area contributed by atoms with Crippen LogP contribution in [0.3, 0.4) is 0 Å². The molecule has 0 aromatic heterocycles. The Balaban J connectivity index is 1.54. The summed E-state index contributed by atoms with van der Waals surface area (Å²) in [6, 6.07) is 17.7. The first-order valence-corrected chi connectivity index (χ1v) is 10.0. The highest BCUT2D eigenvalue weighted by atomic mass is 16.5. The lowest BCUT2D eigenvalue weighted by atomic mass is 9.93. The Morgan fingerprint density at radius 1 is 1.10 bits per heavy atom. The van der Waals surface area contributed by atoms with Gasteiger partial charge in [0.05, 0.1) is 13.0 Å². The van der Waals surface area contributed by atoms with E-state index in [0.29, 0.717) is 13.2 Å². The van der Waals surface area contributed by atoms with E-state index in [2.05, 4.69) is 31.3 Å². The van der Waals surface area contributed by atoms with Crippen molar-refractivity contribution >= 4 is 11.7 Å². The molecule has 30 heavy (non-hydrogen) atoms. The van der Waals surface area contributed by atoms with E-state index < -0.39 is 5.97 Å². The summed E-state index contributed by atoms with van der Waals surface area (Å²) in [4.78, 5) is 11.0. The predicted octanol–water partition coefficient (Wildman–Crippen LogP) is 5.24. The van der Waals surface area contributed by atoms with E-state index in [0.717, 1.165) is 44.8 Å². The number of nitrogens with one attached hydrogen (secondary N) is 1. The molecule has 0 bridgehead atoms. The molecule has 5 nitrogen and oxygen atoms in total. The Morgan fingerprint density at radius 3 is 2.57 bits per heavy atom. The van der Waals surface area contributed by atoms with Gasteiger partial charge >= 0.3 is 5.97 Å². The van der Waals surface area contributed by atoms with Crippen LogP contribution in [0.15, 0.2) is 54.6 Å². The number of phenols is 1. The van der Waals surface area contributed by atoms with Crippen molar-refractivity contribution < 1.29 is 19.7 Å². The van der Waals surface area contributed by atoms with Gasteiger partial charge in [0, 0.05) is 40.9 Å². The number of carbonyl (C=O) groups is 1. The molecule has 1 aliphatic heterocycles. The first kappa shape index (κ1) is 19.8. The highest BCUT2D eigenvalue weighted by molar-refractivity contribution is 5.77. The topological polar surface area (TPSA) is 78.8 Å². The van der Waals surface area contributed by atoms with Crippen LogP contribution in [0.5, 0.6) is 11.5 Å². The Labute approximate surface area is 176 Å². The average Bonchev–Trinajstić information content (AvgIpc) is 3.09. The third-order valence-electron chi connectivity index (χ3n) is 5.67. The number of hydrogen-bond acceptors (Lipinski definition) is 4. The molecule has 5 heteroatoms. The first-order chi connectivity index (χ1) is 14.4. The summed E-state index contributed by atoms with van der Waals surface area (Å²) < 4.78 is 5.68. The zero-order chi connectivity index (χ0) is 21.3. The van der Waals surface area contributed by atoms with Crippen LogP contribution in [0.25, 0.3) is 11.1 Å². The lowest BCUT2D eigenvalue weighted by molar-refractivity contribution is -0.137. The maximum absolute atomic E-state index is 11.0. The van der Waals surface area contributed by atoms with Gasteiger partial charge in [-0.05, 0) is 36.6 Å². The molecule has 154 valence electrons. The number of phenolic OH excluding ortho intramolecular Hbond substituents is 1. The van der Waals surface area contributed by atoms with Crippen molar-refractivity contribution in [3.8, 4) is 22.6 Å². The van der Waals surface area contributed by atoms with Crippen molar-refractivity contribution in [1.82, 2.24) is 0 Å². The molecule has 4 rings (SSSR count). The SMILES string of the molecule is Cc1cccc(C)c1-c1cccc(CNc2ccc3c(c2)OCC3CC(=O)O)c1O. The molecular weight excluding hydrogens is 378 g/mol. The minimum atomic E-state index is -0.821. The smallest absolute Gasteiger partial charge is 0.304 e. The van der Waals surface area contributed by atoms with Crippen LogP contribution in [0.4, 0.5) is 5.69 Å². The Hall–Kier alpha value is -3.47. The number of carboxylic acid groups (broad SMARTS) is 1. The van der Waals surface area contributed by atoms with E-state index in [1.54, 1.807) is 0 Å². The van der Waals surface area contributed by atoms with Crippen molar-refractivity contribution in [3.63, 3.8) is 0 Å².